The van der Waals surface area contributed by atoms with E-state index in [0.29, 0.717) is 28.2 Å². The van der Waals surface area contributed by atoms with Gasteiger partial charge in [-0.3, -0.25) is 9.89 Å². The van der Waals surface area contributed by atoms with Gasteiger partial charge in [-0.05, 0) is 25.1 Å². The monoisotopic (exact) mass is 375 g/mol. The van der Waals surface area contributed by atoms with Crippen LogP contribution in [0.4, 0.5) is 5.69 Å². The van der Waals surface area contributed by atoms with Crippen LogP contribution in [-0.2, 0) is 4.74 Å². The Morgan fingerprint density at radius 2 is 2.00 bits per heavy atom. The molecule has 1 aromatic carbocycles. The quantitative estimate of drug-likeness (QED) is 0.522. The van der Waals surface area contributed by atoms with Gasteiger partial charge in [0.2, 0.25) is 0 Å². The van der Waals surface area contributed by atoms with Gasteiger partial charge in [-0.25, -0.2) is 9.31 Å². The molecule has 0 spiro atoms. The van der Waals surface area contributed by atoms with Crippen molar-refractivity contribution in [1.29, 1.82) is 0 Å². The van der Waals surface area contributed by atoms with Crippen LogP contribution in [0, 0.1) is 0 Å². The summed E-state index contributed by atoms with van der Waals surface area (Å²) in [6.07, 6.45) is 3.11. The molecule has 8 heteroatoms. The summed E-state index contributed by atoms with van der Waals surface area (Å²) in [5, 5.41) is 13.9. The summed E-state index contributed by atoms with van der Waals surface area (Å²) >= 11 is 0. The van der Waals surface area contributed by atoms with Crippen molar-refractivity contribution in [2.45, 2.75) is 6.92 Å². The third kappa shape index (κ3) is 3.35. The van der Waals surface area contributed by atoms with Crippen molar-refractivity contribution in [2.75, 3.05) is 11.9 Å². The number of nitrogens with zero attached hydrogens (tertiary/aromatic N) is 3. The van der Waals surface area contributed by atoms with Gasteiger partial charge in [0.15, 0.2) is 0 Å². The number of ether oxygens (including phenoxy) is 1. The zero-order chi connectivity index (χ0) is 19.5. The molecule has 1 amide bonds. The molecule has 3 heterocycles. The molecule has 0 saturated carbocycles. The number of carbonyl (C=O) groups is 2. The second-order valence-corrected chi connectivity index (χ2v) is 6.01. The van der Waals surface area contributed by atoms with E-state index in [1.807, 2.05) is 30.3 Å². The Morgan fingerprint density at radius 1 is 1.18 bits per heavy atom. The number of hydrogen-bond donors (Lipinski definition) is 2. The third-order valence-corrected chi connectivity index (χ3v) is 4.17. The van der Waals surface area contributed by atoms with E-state index in [1.54, 1.807) is 35.8 Å². The molecule has 140 valence electrons. The van der Waals surface area contributed by atoms with Crippen molar-refractivity contribution in [3.05, 3.63) is 72.2 Å². The maximum absolute atomic E-state index is 12.6. The van der Waals surface area contributed by atoms with E-state index in [2.05, 4.69) is 20.6 Å². The van der Waals surface area contributed by atoms with Gasteiger partial charge in [0.25, 0.3) is 5.91 Å². The molecule has 0 aliphatic heterocycles. The summed E-state index contributed by atoms with van der Waals surface area (Å²) in [5.74, 6) is -0.793. The fourth-order valence-corrected chi connectivity index (χ4v) is 2.82. The first-order valence-electron chi connectivity index (χ1n) is 8.72. The highest BCUT2D eigenvalue weighted by Gasteiger charge is 2.16. The number of aromatic nitrogens is 4. The van der Waals surface area contributed by atoms with E-state index in [1.165, 1.54) is 6.20 Å². The smallest absolute Gasteiger partial charge is 0.341 e. The minimum Gasteiger partial charge on any atom is -0.462 e. The molecular formula is C20H17N5O3. The molecule has 0 aliphatic carbocycles. The summed E-state index contributed by atoms with van der Waals surface area (Å²) in [5.41, 5.74) is 3.34. The van der Waals surface area contributed by atoms with E-state index in [4.69, 9.17) is 4.74 Å². The van der Waals surface area contributed by atoms with Gasteiger partial charge >= 0.3 is 5.97 Å². The van der Waals surface area contributed by atoms with Crippen LogP contribution in [0.2, 0.25) is 0 Å². The van der Waals surface area contributed by atoms with Gasteiger partial charge in [0, 0.05) is 17.4 Å². The Balaban J connectivity index is 1.56. The highest BCUT2D eigenvalue weighted by molar-refractivity contribution is 6.04. The first-order chi connectivity index (χ1) is 13.7. The zero-order valence-corrected chi connectivity index (χ0v) is 15.0. The molecule has 3 aromatic heterocycles. The number of esters is 1. The van der Waals surface area contributed by atoms with E-state index in [0.717, 1.165) is 5.56 Å². The normalized spacial score (nSPS) is 10.8. The lowest BCUT2D eigenvalue weighted by atomic mass is 10.1. The number of H-pyrrole nitrogens is 1. The number of nitrogens with one attached hydrogen (secondary N) is 2. The summed E-state index contributed by atoms with van der Waals surface area (Å²) in [4.78, 5) is 24.6. The van der Waals surface area contributed by atoms with E-state index >= 15 is 0 Å². The van der Waals surface area contributed by atoms with Crippen LogP contribution in [-0.4, -0.2) is 38.3 Å². The van der Waals surface area contributed by atoms with Crippen molar-refractivity contribution in [1.82, 2.24) is 19.8 Å². The molecule has 4 aromatic rings. The van der Waals surface area contributed by atoms with Crippen molar-refractivity contribution >= 4 is 23.1 Å². The van der Waals surface area contributed by atoms with Crippen LogP contribution < -0.4 is 5.32 Å². The largest absolute Gasteiger partial charge is 0.462 e. The van der Waals surface area contributed by atoms with Gasteiger partial charge in [-0.1, -0.05) is 30.3 Å². The van der Waals surface area contributed by atoms with Gasteiger partial charge in [0.1, 0.15) is 11.3 Å². The maximum atomic E-state index is 12.6. The van der Waals surface area contributed by atoms with E-state index < -0.39 is 5.97 Å². The number of aromatic amines is 1. The number of fused-ring (bicyclic) bond motifs is 1. The Morgan fingerprint density at radius 3 is 2.79 bits per heavy atom. The average Bonchev–Trinajstić information content (AvgIpc) is 3.36. The topological polar surface area (TPSA) is 101 Å². The molecule has 0 unspecified atom stereocenters. The second kappa shape index (κ2) is 7.36. The first kappa shape index (κ1) is 17.5. The number of pyridine rings is 1. The Kier molecular flexibility index (Phi) is 4.59. The van der Waals surface area contributed by atoms with E-state index in [9.17, 15) is 9.59 Å². The van der Waals surface area contributed by atoms with Crippen molar-refractivity contribution in [3.8, 4) is 11.3 Å². The number of amides is 1. The van der Waals surface area contributed by atoms with Crippen molar-refractivity contribution in [3.63, 3.8) is 0 Å². The molecule has 8 nitrogen and oxygen atoms in total. The molecule has 0 radical (unpaired) electrons. The SMILES string of the molecule is CCOC(=O)c1cnn2ccc(NC(=O)c3cc(-c4ccccc4)n[nH]3)cc12. The fourth-order valence-electron chi connectivity index (χ4n) is 2.82. The van der Waals surface area contributed by atoms with Crippen LogP contribution >= 0.6 is 0 Å². The van der Waals surface area contributed by atoms with Gasteiger partial charge in [-0.15, -0.1) is 0 Å². The Bertz CT molecular complexity index is 1150. The Labute approximate surface area is 160 Å². The van der Waals surface area contributed by atoms with Crippen molar-refractivity contribution in [2.24, 2.45) is 0 Å². The molecule has 0 saturated heterocycles. The lowest BCUT2D eigenvalue weighted by Gasteiger charge is -2.05. The first-order valence-corrected chi connectivity index (χ1v) is 8.72. The second-order valence-electron chi connectivity index (χ2n) is 6.01. The molecule has 28 heavy (non-hydrogen) atoms. The van der Waals surface area contributed by atoms with Crippen LogP contribution in [0.15, 0.2) is 60.9 Å². The van der Waals surface area contributed by atoms with Crippen LogP contribution in [0.3, 0.4) is 0 Å². The highest BCUT2D eigenvalue weighted by Crippen LogP contribution is 2.20. The molecular weight excluding hydrogens is 358 g/mol. The third-order valence-electron chi connectivity index (χ3n) is 4.17. The molecule has 0 fully saturated rings. The van der Waals surface area contributed by atoms with Crippen LogP contribution in [0.5, 0.6) is 0 Å². The van der Waals surface area contributed by atoms with Crippen LogP contribution in [0.25, 0.3) is 16.8 Å². The number of anilines is 1. The Hall–Kier alpha value is -3.94. The summed E-state index contributed by atoms with van der Waals surface area (Å²) in [6, 6.07) is 14.6. The summed E-state index contributed by atoms with van der Waals surface area (Å²) in [6.45, 7) is 2.01. The number of carbonyl (C=O) groups excluding carboxylic acids is 2. The van der Waals surface area contributed by atoms with Crippen molar-refractivity contribution < 1.29 is 14.3 Å². The average molecular weight is 375 g/mol. The number of hydrogen-bond acceptors (Lipinski definition) is 5. The number of rotatable bonds is 5. The minimum atomic E-state index is -0.456. The highest BCUT2D eigenvalue weighted by atomic mass is 16.5. The lowest BCUT2D eigenvalue weighted by Crippen LogP contribution is -2.12. The molecule has 2 N–H and O–H groups in total. The summed E-state index contributed by atoms with van der Waals surface area (Å²) in [7, 11) is 0. The minimum absolute atomic E-state index is 0.274. The predicted molar refractivity (Wildman–Crippen MR) is 103 cm³/mol. The standard InChI is InChI=1S/C20H17N5O3/c1-2-28-20(27)15-12-21-25-9-8-14(10-18(15)25)22-19(26)17-11-16(23-24-17)13-6-4-3-5-7-13/h3-12H,2H2,1H3,(H,22,26)(H,23,24). The van der Waals surface area contributed by atoms with Gasteiger partial charge in [-0.2, -0.15) is 10.2 Å². The molecule has 4 rings (SSSR count). The summed E-state index contributed by atoms with van der Waals surface area (Å²) < 4.78 is 6.58. The molecule has 0 bridgehead atoms. The fraction of sp³-hybridized carbons (Fsp3) is 0.100. The van der Waals surface area contributed by atoms with Gasteiger partial charge in [0.05, 0.1) is 24.0 Å². The predicted octanol–water partition coefficient (Wildman–Crippen LogP) is 3.15. The van der Waals surface area contributed by atoms with E-state index in [-0.39, 0.29) is 12.5 Å². The van der Waals surface area contributed by atoms with Gasteiger partial charge < -0.3 is 10.1 Å². The molecule has 0 atom stereocenters. The lowest BCUT2D eigenvalue weighted by molar-refractivity contribution is 0.0528. The van der Waals surface area contributed by atoms with Crippen LogP contribution in [0.1, 0.15) is 27.8 Å². The maximum Gasteiger partial charge on any atom is 0.341 e. The molecule has 0 aliphatic rings. The zero-order valence-electron chi connectivity index (χ0n) is 15.0. The number of benzene rings is 1.